The number of imidazole rings is 1. The van der Waals surface area contributed by atoms with E-state index in [0.29, 0.717) is 29.1 Å². The van der Waals surface area contributed by atoms with Gasteiger partial charge in [-0.25, -0.2) is 15.0 Å². The van der Waals surface area contributed by atoms with Crippen molar-refractivity contribution in [2.45, 2.75) is 38.1 Å². The van der Waals surface area contributed by atoms with E-state index < -0.39 is 0 Å². The highest BCUT2D eigenvalue weighted by molar-refractivity contribution is 6.30. The predicted molar refractivity (Wildman–Crippen MR) is 132 cm³/mol. The lowest BCUT2D eigenvalue weighted by atomic mass is 10.1. The summed E-state index contributed by atoms with van der Waals surface area (Å²) in [6.45, 7) is 2.62. The Labute approximate surface area is 202 Å². The van der Waals surface area contributed by atoms with Crippen LogP contribution in [0.5, 0.6) is 0 Å². The maximum atomic E-state index is 12.9. The number of anilines is 2. The van der Waals surface area contributed by atoms with E-state index in [1.54, 1.807) is 6.07 Å². The van der Waals surface area contributed by atoms with Gasteiger partial charge in [0.2, 0.25) is 5.91 Å². The highest BCUT2D eigenvalue weighted by Crippen LogP contribution is 2.54. The number of aromatic nitrogens is 4. The number of hydrogen-bond acceptors (Lipinski definition) is 5. The number of amides is 1. The smallest absolute Gasteiger partial charge is 0.229 e. The lowest BCUT2D eigenvalue weighted by Crippen LogP contribution is -2.16. The second kappa shape index (κ2) is 8.40. The Bertz CT molecular complexity index is 1380. The molecule has 172 valence electrons. The van der Waals surface area contributed by atoms with E-state index in [1.807, 2.05) is 30.5 Å². The van der Waals surface area contributed by atoms with Crippen molar-refractivity contribution in [3.8, 4) is 0 Å². The zero-order valence-corrected chi connectivity index (χ0v) is 19.5. The zero-order valence-electron chi connectivity index (χ0n) is 18.8. The zero-order chi connectivity index (χ0) is 23.2. The molecule has 0 spiro atoms. The molecule has 0 radical (unpaired) electrons. The third-order valence-electron chi connectivity index (χ3n) is 6.86. The Morgan fingerprint density at radius 2 is 1.94 bits per heavy atom. The van der Waals surface area contributed by atoms with Gasteiger partial charge in [-0.3, -0.25) is 4.79 Å². The highest BCUT2D eigenvalue weighted by atomic mass is 35.5. The van der Waals surface area contributed by atoms with Gasteiger partial charge in [-0.05, 0) is 59.9 Å². The first kappa shape index (κ1) is 21.1. The molecule has 1 amide bonds. The monoisotopic (exact) mass is 472 g/mol. The third-order valence-corrected chi connectivity index (χ3v) is 7.09. The van der Waals surface area contributed by atoms with Gasteiger partial charge >= 0.3 is 0 Å². The molecular weight excluding hydrogens is 448 g/mol. The minimum absolute atomic E-state index is 0.0334. The summed E-state index contributed by atoms with van der Waals surface area (Å²) in [5.41, 5.74) is 4.34. The van der Waals surface area contributed by atoms with E-state index in [1.165, 1.54) is 24.7 Å². The molecule has 0 bridgehead atoms. The average Bonchev–Trinajstić information content (AvgIpc) is 3.74. The molecule has 2 aliphatic rings. The second-order valence-electron chi connectivity index (χ2n) is 9.33. The molecular formula is C26H25ClN6O. The van der Waals surface area contributed by atoms with Crippen molar-refractivity contribution in [2.75, 3.05) is 10.6 Å². The topological polar surface area (TPSA) is 84.2 Å². The Morgan fingerprint density at radius 1 is 1.09 bits per heavy atom. The first-order valence-corrected chi connectivity index (χ1v) is 12.0. The van der Waals surface area contributed by atoms with Gasteiger partial charge in [0, 0.05) is 29.4 Å². The highest BCUT2D eigenvalue weighted by Gasteiger charge is 2.52. The molecule has 34 heavy (non-hydrogen) atoms. The molecule has 1 aromatic carbocycles. The molecule has 3 aromatic heterocycles. The molecule has 2 fully saturated rings. The summed E-state index contributed by atoms with van der Waals surface area (Å²) in [6.07, 6.45) is 8.23. The molecule has 8 heteroatoms. The average molecular weight is 473 g/mol. The van der Waals surface area contributed by atoms with Crippen LogP contribution in [0.3, 0.4) is 0 Å². The first-order valence-electron chi connectivity index (χ1n) is 11.6. The van der Waals surface area contributed by atoms with Gasteiger partial charge in [-0.1, -0.05) is 36.7 Å². The maximum Gasteiger partial charge on any atom is 0.229 e. The molecule has 3 atom stereocenters. The van der Waals surface area contributed by atoms with Crippen LogP contribution in [0.1, 0.15) is 48.4 Å². The molecule has 0 aliphatic heterocycles. The van der Waals surface area contributed by atoms with Crippen molar-refractivity contribution in [1.82, 2.24) is 19.4 Å². The molecule has 2 saturated carbocycles. The number of pyridine rings is 1. The fourth-order valence-corrected chi connectivity index (χ4v) is 5.01. The van der Waals surface area contributed by atoms with Gasteiger partial charge in [-0.15, -0.1) is 0 Å². The van der Waals surface area contributed by atoms with Gasteiger partial charge in [-0.2, -0.15) is 0 Å². The number of rotatable bonds is 7. The Hall–Kier alpha value is -3.45. The molecule has 6 rings (SSSR count). The van der Waals surface area contributed by atoms with Crippen LogP contribution in [0.4, 0.5) is 11.6 Å². The lowest BCUT2D eigenvalue weighted by Gasteiger charge is -2.07. The van der Waals surface area contributed by atoms with Gasteiger partial charge in [0.1, 0.15) is 23.6 Å². The normalized spacial score (nSPS) is 21.4. The SMILES string of the molecule is C[C@H]1[C@H](C(=O)Nc2cc(NCc3cn4cc(C5CC5)ccc4n3)ncn2)[C@H]1c1cccc(Cl)c1. The molecule has 0 unspecified atom stereocenters. The Balaban J connectivity index is 1.09. The molecule has 3 heterocycles. The summed E-state index contributed by atoms with van der Waals surface area (Å²) in [5, 5.41) is 6.93. The number of carbonyl (C=O) groups excluding carboxylic acids is 1. The number of carbonyl (C=O) groups is 1. The van der Waals surface area contributed by atoms with Crippen molar-refractivity contribution in [3.63, 3.8) is 0 Å². The summed E-state index contributed by atoms with van der Waals surface area (Å²) in [7, 11) is 0. The lowest BCUT2D eigenvalue weighted by molar-refractivity contribution is -0.117. The number of halogens is 1. The van der Waals surface area contributed by atoms with Crippen LogP contribution in [0.15, 0.2) is 61.2 Å². The number of benzene rings is 1. The minimum atomic E-state index is -0.0941. The van der Waals surface area contributed by atoms with E-state index in [2.05, 4.69) is 55.2 Å². The van der Waals surface area contributed by atoms with Crippen molar-refractivity contribution in [2.24, 2.45) is 11.8 Å². The Morgan fingerprint density at radius 3 is 2.76 bits per heavy atom. The van der Waals surface area contributed by atoms with Crippen LogP contribution in [-0.2, 0) is 11.3 Å². The number of hydrogen-bond donors (Lipinski definition) is 2. The quantitative estimate of drug-likeness (QED) is 0.383. The van der Waals surface area contributed by atoms with Crippen molar-refractivity contribution < 1.29 is 4.79 Å². The molecule has 4 aromatic rings. The van der Waals surface area contributed by atoms with E-state index in [-0.39, 0.29) is 23.7 Å². The van der Waals surface area contributed by atoms with Gasteiger partial charge in [0.25, 0.3) is 0 Å². The van der Waals surface area contributed by atoms with Crippen LogP contribution in [0.25, 0.3) is 5.65 Å². The molecule has 0 saturated heterocycles. The summed E-state index contributed by atoms with van der Waals surface area (Å²) < 4.78 is 2.09. The summed E-state index contributed by atoms with van der Waals surface area (Å²) in [6, 6.07) is 13.7. The van der Waals surface area contributed by atoms with Gasteiger partial charge in [0.05, 0.1) is 12.2 Å². The first-order chi connectivity index (χ1) is 16.5. The van der Waals surface area contributed by atoms with Crippen LogP contribution in [0.2, 0.25) is 5.02 Å². The van der Waals surface area contributed by atoms with Crippen molar-refractivity contribution in [1.29, 1.82) is 0 Å². The third kappa shape index (κ3) is 4.23. The molecule has 2 N–H and O–H groups in total. The summed E-state index contributed by atoms with van der Waals surface area (Å²) >= 11 is 6.13. The number of nitrogens with one attached hydrogen (secondary N) is 2. The van der Waals surface area contributed by atoms with Gasteiger partial charge < -0.3 is 15.0 Å². The Kier molecular flexibility index (Phi) is 5.21. The van der Waals surface area contributed by atoms with Gasteiger partial charge in [0.15, 0.2) is 0 Å². The van der Waals surface area contributed by atoms with Crippen molar-refractivity contribution >= 4 is 34.8 Å². The maximum absolute atomic E-state index is 12.9. The molecule has 2 aliphatic carbocycles. The van der Waals surface area contributed by atoms with E-state index >= 15 is 0 Å². The summed E-state index contributed by atoms with van der Waals surface area (Å²) in [4.78, 5) is 26.1. The minimum Gasteiger partial charge on any atom is -0.364 e. The second-order valence-corrected chi connectivity index (χ2v) is 9.77. The van der Waals surface area contributed by atoms with Crippen LogP contribution in [0, 0.1) is 11.8 Å². The predicted octanol–water partition coefficient (Wildman–Crippen LogP) is 5.26. The van der Waals surface area contributed by atoms with Crippen molar-refractivity contribution in [3.05, 3.63) is 83.0 Å². The van der Waals surface area contributed by atoms with E-state index in [4.69, 9.17) is 11.6 Å². The van der Waals surface area contributed by atoms with E-state index in [0.717, 1.165) is 16.9 Å². The largest absolute Gasteiger partial charge is 0.364 e. The fourth-order valence-electron chi connectivity index (χ4n) is 4.81. The fraction of sp³-hybridized carbons (Fsp3) is 0.308. The standard InChI is InChI=1S/C26H25ClN6O/c1-15-24(17-3-2-4-19(27)9-17)25(15)26(34)32-22-10-21(29-14-30-22)28-11-20-13-33-12-18(16-5-6-16)7-8-23(33)31-20/h2-4,7-10,12-16,24-25H,5-6,11H2,1H3,(H2,28,29,30,32,34)/t15-,24-,25+/m1/s1. The number of fused-ring (bicyclic) bond motifs is 1. The van der Waals surface area contributed by atoms with Crippen LogP contribution in [-0.4, -0.2) is 25.3 Å². The molecule has 7 nitrogen and oxygen atoms in total. The summed E-state index contributed by atoms with van der Waals surface area (Å²) in [5.74, 6) is 2.13. The van der Waals surface area contributed by atoms with E-state index in [9.17, 15) is 4.79 Å². The van der Waals surface area contributed by atoms with Crippen LogP contribution >= 0.6 is 11.6 Å². The number of nitrogens with zero attached hydrogens (tertiary/aromatic N) is 4. The van der Waals surface area contributed by atoms with Crippen LogP contribution < -0.4 is 10.6 Å².